The fraction of sp³-hybridized carbons (Fsp3) is 0.294. The smallest absolute Gasteiger partial charge is 0.240 e. The van der Waals surface area contributed by atoms with Crippen molar-refractivity contribution in [3.8, 4) is 22.6 Å². The van der Waals surface area contributed by atoms with Gasteiger partial charge in [-0.2, -0.15) is 10.1 Å². The summed E-state index contributed by atoms with van der Waals surface area (Å²) >= 11 is 0. The summed E-state index contributed by atoms with van der Waals surface area (Å²) < 4.78 is 5.33. The van der Waals surface area contributed by atoms with Crippen molar-refractivity contribution in [2.45, 2.75) is 31.7 Å². The van der Waals surface area contributed by atoms with Crippen molar-refractivity contribution in [1.29, 1.82) is 0 Å². The number of nitrogen functional groups attached to an aromatic ring is 1. The topological polar surface area (TPSA) is 133 Å². The molecule has 9 heteroatoms. The summed E-state index contributed by atoms with van der Waals surface area (Å²) in [5.74, 6) is 1.23. The average Bonchev–Trinajstić information content (AvgIpc) is 3.10. The zero-order valence-electron chi connectivity index (χ0n) is 13.9. The van der Waals surface area contributed by atoms with Gasteiger partial charge in [0.1, 0.15) is 0 Å². The van der Waals surface area contributed by atoms with Crippen molar-refractivity contribution < 1.29 is 9.32 Å². The molecule has 3 aromatic rings. The normalized spacial score (nSPS) is 17.1. The molecule has 0 radical (unpaired) electrons. The second kappa shape index (κ2) is 6.87. The van der Waals surface area contributed by atoms with Gasteiger partial charge in [0, 0.05) is 30.0 Å². The molecule has 9 nitrogen and oxygen atoms in total. The van der Waals surface area contributed by atoms with Crippen LogP contribution in [0, 0.1) is 0 Å². The van der Waals surface area contributed by atoms with Gasteiger partial charge in [-0.25, -0.2) is 4.98 Å². The fourth-order valence-electron chi connectivity index (χ4n) is 2.95. The van der Waals surface area contributed by atoms with Crippen molar-refractivity contribution in [2.24, 2.45) is 0 Å². The Morgan fingerprint density at radius 3 is 2.77 bits per heavy atom. The Balaban J connectivity index is 1.48. The van der Waals surface area contributed by atoms with E-state index in [0.29, 0.717) is 30.3 Å². The van der Waals surface area contributed by atoms with Crippen LogP contribution in [0.25, 0.3) is 22.6 Å². The molecule has 2 aromatic heterocycles. The molecule has 3 heterocycles. The van der Waals surface area contributed by atoms with E-state index in [-0.39, 0.29) is 17.9 Å². The Labute approximate surface area is 149 Å². The van der Waals surface area contributed by atoms with Crippen molar-refractivity contribution >= 4 is 11.9 Å². The third-order valence-corrected chi connectivity index (χ3v) is 4.22. The molecule has 1 amide bonds. The second-order valence-electron chi connectivity index (χ2n) is 6.15. The lowest BCUT2D eigenvalue weighted by Gasteiger charge is -2.21. The summed E-state index contributed by atoms with van der Waals surface area (Å²) in [4.78, 5) is 20.0. The van der Waals surface area contributed by atoms with Crippen LogP contribution in [0.15, 0.2) is 35.0 Å². The first-order valence-corrected chi connectivity index (χ1v) is 8.35. The maximum atomic E-state index is 11.5. The summed E-state index contributed by atoms with van der Waals surface area (Å²) in [6.07, 6.45) is 4.50. The lowest BCUT2D eigenvalue weighted by Crippen LogP contribution is -2.40. The standard InChI is InChI=1S/C17H17N7O2/c18-17-21-13(9-19-23-17)10-4-6-11(7-5-10)16-22-15(26-24-16)8-12-2-1-3-14(25)20-12/h4-7,9,12H,1-3,8H2,(H,20,25)(H2,18,21,23). The molecule has 3 N–H and O–H groups in total. The van der Waals surface area contributed by atoms with Crippen LogP contribution in [0.5, 0.6) is 0 Å². The highest BCUT2D eigenvalue weighted by atomic mass is 16.5. The summed E-state index contributed by atoms with van der Waals surface area (Å²) in [5, 5.41) is 14.4. The van der Waals surface area contributed by atoms with Gasteiger partial charge in [-0.05, 0) is 12.8 Å². The number of carbonyl (C=O) groups excluding carboxylic acids is 1. The average molecular weight is 351 g/mol. The molecule has 1 unspecified atom stereocenters. The van der Waals surface area contributed by atoms with Crippen LogP contribution in [-0.2, 0) is 11.2 Å². The maximum Gasteiger partial charge on any atom is 0.240 e. The van der Waals surface area contributed by atoms with E-state index >= 15 is 0 Å². The van der Waals surface area contributed by atoms with E-state index in [1.807, 2.05) is 24.3 Å². The molecule has 4 rings (SSSR count). The lowest BCUT2D eigenvalue weighted by molar-refractivity contribution is -0.123. The Bertz CT molecular complexity index is 923. The van der Waals surface area contributed by atoms with E-state index in [1.54, 1.807) is 6.20 Å². The van der Waals surface area contributed by atoms with Gasteiger partial charge >= 0.3 is 0 Å². The van der Waals surface area contributed by atoms with E-state index in [4.69, 9.17) is 10.3 Å². The zero-order valence-corrected chi connectivity index (χ0v) is 13.9. The molecule has 1 aliphatic heterocycles. The summed E-state index contributed by atoms with van der Waals surface area (Å²) in [7, 11) is 0. The van der Waals surface area contributed by atoms with Crippen LogP contribution < -0.4 is 11.1 Å². The predicted molar refractivity (Wildman–Crippen MR) is 92.5 cm³/mol. The number of amides is 1. The van der Waals surface area contributed by atoms with E-state index in [1.165, 1.54) is 0 Å². The molecular weight excluding hydrogens is 334 g/mol. The number of aromatic nitrogens is 5. The van der Waals surface area contributed by atoms with Gasteiger partial charge in [0.25, 0.3) is 0 Å². The highest BCUT2D eigenvalue weighted by Crippen LogP contribution is 2.22. The van der Waals surface area contributed by atoms with Gasteiger partial charge in [-0.3, -0.25) is 4.79 Å². The monoisotopic (exact) mass is 351 g/mol. The number of rotatable bonds is 4. The lowest BCUT2D eigenvalue weighted by atomic mass is 10.0. The number of hydrogen-bond acceptors (Lipinski definition) is 8. The minimum Gasteiger partial charge on any atom is -0.366 e. The molecule has 26 heavy (non-hydrogen) atoms. The molecule has 132 valence electrons. The van der Waals surface area contributed by atoms with Crippen LogP contribution in [0.4, 0.5) is 5.95 Å². The van der Waals surface area contributed by atoms with E-state index < -0.39 is 0 Å². The van der Waals surface area contributed by atoms with Crippen molar-refractivity contribution in [3.63, 3.8) is 0 Å². The van der Waals surface area contributed by atoms with Crippen molar-refractivity contribution in [3.05, 3.63) is 36.4 Å². The molecule has 1 atom stereocenters. The van der Waals surface area contributed by atoms with E-state index in [9.17, 15) is 4.79 Å². The quantitative estimate of drug-likeness (QED) is 0.720. The Morgan fingerprint density at radius 1 is 1.19 bits per heavy atom. The van der Waals surface area contributed by atoms with Crippen LogP contribution >= 0.6 is 0 Å². The van der Waals surface area contributed by atoms with E-state index in [0.717, 1.165) is 24.0 Å². The first kappa shape index (κ1) is 16.1. The number of benzene rings is 1. The van der Waals surface area contributed by atoms with Gasteiger partial charge in [-0.15, -0.1) is 5.10 Å². The van der Waals surface area contributed by atoms with Gasteiger partial charge in [0.2, 0.25) is 23.6 Å². The molecular formula is C17H17N7O2. The van der Waals surface area contributed by atoms with Crippen LogP contribution in [-0.4, -0.2) is 37.3 Å². The van der Waals surface area contributed by atoms with Gasteiger partial charge in [0.15, 0.2) is 0 Å². The molecule has 1 saturated heterocycles. The Morgan fingerprint density at radius 2 is 2.00 bits per heavy atom. The largest absolute Gasteiger partial charge is 0.366 e. The second-order valence-corrected chi connectivity index (χ2v) is 6.15. The minimum absolute atomic E-state index is 0.0580. The highest BCUT2D eigenvalue weighted by molar-refractivity contribution is 5.77. The summed E-state index contributed by atoms with van der Waals surface area (Å²) in [6.45, 7) is 0. The summed E-state index contributed by atoms with van der Waals surface area (Å²) in [5.41, 5.74) is 7.90. The fourth-order valence-corrected chi connectivity index (χ4v) is 2.95. The number of hydrogen-bond donors (Lipinski definition) is 2. The molecule has 0 saturated carbocycles. The molecule has 0 bridgehead atoms. The molecule has 0 spiro atoms. The van der Waals surface area contributed by atoms with Crippen LogP contribution in [0.1, 0.15) is 25.2 Å². The number of anilines is 1. The number of nitrogens with one attached hydrogen (secondary N) is 1. The Kier molecular flexibility index (Phi) is 4.26. The predicted octanol–water partition coefficient (Wildman–Crippen LogP) is 1.38. The van der Waals surface area contributed by atoms with Gasteiger partial charge < -0.3 is 15.6 Å². The van der Waals surface area contributed by atoms with Crippen molar-refractivity contribution in [1.82, 2.24) is 30.6 Å². The zero-order chi connectivity index (χ0) is 17.9. The molecule has 0 aliphatic carbocycles. The number of nitrogens with zero attached hydrogens (tertiary/aromatic N) is 5. The molecule has 1 aromatic carbocycles. The molecule has 1 fully saturated rings. The molecule has 1 aliphatic rings. The third-order valence-electron chi connectivity index (χ3n) is 4.22. The van der Waals surface area contributed by atoms with Crippen LogP contribution in [0.2, 0.25) is 0 Å². The van der Waals surface area contributed by atoms with E-state index in [2.05, 4.69) is 30.6 Å². The first-order valence-electron chi connectivity index (χ1n) is 8.35. The number of piperidine rings is 1. The number of nitrogens with two attached hydrogens (primary N) is 1. The number of carbonyl (C=O) groups is 1. The van der Waals surface area contributed by atoms with Gasteiger partial charge in [-0.1, -0.05) is 29.4 Å². The Hall–Kier alpha value is -3.36. The van der Waals surface area contributed by atoms with Crippen LogP contribution in [0.3, 0.4) is 0 Å². The SMILES string of the molecule is Nc1nncc(-c2ccc(-c3noc(CC4CCCC(=O)N4)n3)cc2)n1. The van der Waals surface area contributed by atoms with Gasteiger partial charge in [0.05, 0.1) is 11.9 Å². The summed E-state index contributed by atoms with van der Waals surface area (Å²) in [6, 6.07) is 7.59. The van der Waals surface area contributed by atoms with Crippen molar-refractivity contribution in [2.75, 3.05) is 5.73 Å². The minimum atomic E-state index is 0.0580. The third kappa shape index (κ3) is 3.51. The highest BCUT2D eigenvalue weighted by Gasteiger charge is 2.21. The maximum absolute atomic E-state index is 11.5. The first-order chi connectivity index (χ1) is 12.7.